The molecule has 180 valence electrons. The summed E-state index contributed by atoms with van der Waals surface area (Å²) in [5, 5.41) is 17.0. The summed E-state index contributed by atoms with van der Waals surface area (Å²) in [7, 11) is -3.94. The van der Waals surface area contributed by atoms with Gasteiger partial charge in [0.25, 0.3) is 5.91 Å². The van der Waals surface area contributed by atoms with Crippen LogP contribution in [0.3, 0.4) is 0 Å². The highest BCUT2D eigenvalue weighted by Gasteiger charge is 2.17. The maximum absolute atomic E-state index is 12.4. The van der Waals surface area contributed by atoms with E-state index < -0.39 is 28.5 Å². The fraction of sp³-hybridized carbons (Fsp3) is 0.125. The fourth-order valence-corrected chi connectivity index (χ4v) is 4.19. The second kappa shape index (κ2) is 10.7. The molecule has 11 heteroatoms. The van der Waals surface area contributed by atoms with Gasteiger partial charge in [0, 0.05) is 27.2 Å². The number of benzene rings is 2. The molecule has 0 atom stereocenters. The average Bonchev–Trinajstić information content (AvgIpc) is 3.08. The summed E-state index contributed by atoms with van der Waals surface area (Å²) >= 11 is 3.41. The van der Waals surface area contributed by atoms with E-state index in [0.29, 0.717) is 5.56 Å². The van der Waals surface area contributed by atoms with Crippen LogP contribution in [0.2, 0.25) is 0 Å². The SMILES string of the molecule is Cc1cc(/C=C(\C#N)C(=O)OCC(=O)Nc2cccc(S(N)(=O)=O)c2)c(C)n1-c1ccc(Br)cc1. The highest BCUT2D eigenvalue weighted by atomic mass is 79.9. The number of anilines is 1. The molecule has 0 unspecified atom stereocenters. The Morgan fingerprint density at radius 2 is 1.86 bits per heavy atom. The van der Waals surface area contributed by atoms with Crippen molar-refractivity contribution in [1.29, 1.82) is 5.26 Å². The maximum Gasteiger partial charge on any atom is 0.349 e. The summed E-state index contributed by atoms with van der Waals surface area (Å²) in [6.45, 7) is 3.10. The van der Waals surface area contributed by atoms with E-state index in [4.69, 9.17) is 9.88 Å². The van der Waals surface area contributed by atoms with Crippen molar-refractivity contribution in [2.45, 2.75) is 18.7 Å². The molecule has 0 aliphatic rings. The van der Waals surface area contributed by atoms with Gasteiger partial charge in [0.1, 0.15) is 11.6 Å². The van der Waals surface area contributed by atoms with E-state index in [2.05, 4.69) is 21.2 Å². The highest BCUT2D eigenvalue weighted by molar-refractivity contribution is 9.10. The molecule has 0 aliphatic heterocycles. The minimum atomic E-state index is -3.94. The van der Waals surface area contributed by atoms with Crippen molar-refractivity contribution in [3.8, 4) is 11.8 Å². The number of ether oxygens (including phenoxy) is 1. The van der Waals surface area contributed by atoms with E-state index in [1.165, 1.54) is 30.3 Å². The molecule has 9 nitrogen and oxygen atoms in total. The molecule has 0 bridgehead atoms. The van der Waals surface area contributed by atoms with E-state index >= 15 is 0 Å². The third-order valence-electron chi connectivity index (χ3n) is 4.98. The number of aryl methyl sites for hydroxylation is 1. The predicted molar refractivity (Wildman–Crippen MR) is 134 cm³/mol. The minimum absolute atomic E-state index is 0.161. The number of nitriles is 1. The normalized spacial score (nSPS) is 11.6. The van der Waals surface area contributed by atoms with Crippen LogP contribution in [0.15, 0.2) is 69.5 Å². The second-order valence-electron chi connectivity index (χ2n) is 7.51. The molecule has 3 rings (SSSR count). The number of aromatic nitrogens is 1. The minimum Gasteiger partial charge on any atom is -0.451 e. The number of nitrogens with zero attached hydrogens (tertiary/aromatic N) is 2. The van der Waals surface area contributed by atoms with E-state index in [9.17, 15) is 23.3 Å². The Morgan fingerprint density at radius 1 is 1.17 bits per heavy atom. The third-order valence-corrected chi connectivity index (χ3v) is 6.42. The number of carbonyl (C=O) groups is 2. The van der Waals surface area contributed by atoms with Gasteiger partial charge >= 0.3 is 5.97 Å². The van der Waals surface area contributed by atoms with E-state index in [-0.39, 0.29) is 16.2 Å². The fourth-order valence-electron chi connectivity index (χ4n) is 3.37. The topological polar surface area (TPSA) is 144 Å². The number of esters is 1. The first-order chi connectivity index (χ1) is 16.5. The Morgan fingerprint density at radius 3 is 2.49 bits per heavy atom. The van der Waals surface area contributed by atoms with Crippen LogP contribution in [0.4, 0.5) is 5.69 Å². The lowest BCUT2D eigenvalue weighted by Crippen LogP contribution is -2.21. The van der Waals surface area contributed by atoms with E-state index in [1.807, 2.05) is 54.8 Å². The van der Waals surface area contributed by atoms with Crippen LogP contribution in [0.5, 0.6) is 0 Å². The summed E-state index contributed by atoms with van der Waals surface area (Å²) in [4.78, 5) is 24.4. The van der Waals surface area contributed by atoms with Crippen molar-refractivity contribution in [3.05, 3.63) is 81.6 Å². The van der Waals surface area contributed by atoms with E-state index in [0.717, 1.165) is 21.5 Å². The van der Waals surface area contributed by atoms with Crippen LogP contribution in [0.25, 0.3) is 11.8 Å². The molecule has 3 N–H and O–H groups in total. The molecule has 0 radical (unpaired) electrons. The van der Waals surface area contributed by atoms with Crippen LogP contribution in [0, 0.1) is 25.2 Å². The number of nitrogens with one attached hydrogen (secondary N) is 1. The first-order valence-electron chi connectivity index (χ1n) is 10.2. The van der Waals surface area contributed by atoms with Crippen LogP contribution in [-0.2, 0) is 24.3 Å². The van der Waals surface area contributed by atoms with Gasteiger partial charge in [-0.3, -0.25) is 4.79 Å². The monoisotopic (exact) mass is 556 g/mol. The summed E-state index contributed by atoms with van der Waals surface area (Å²) in [6.07, 6.45) is 1.41. The molecule has 1 heterocycles. The van der Waals surface area contributed by atoms with Crippen molar-refractivity contribution in [2.24, 2.45) is 5.14 Å². The number of halogens is 1. The molecule has 0 saturated heterocycles. The zero-order valence-corrected chi connectivity index (χ0v) is 21.2. The van der Waals surface area contributed by atoms with Gasteiger partial charge in [-0.2, -0.15) is 5.26 Å². The molecule has 0 spiro atoms. The average molecular weight is 557 g/mol. The largest absolute Gasteiger partial charge is 0.451 e. The van der Waals surface area contributed by atoms with Gasteiger partial charge in [0.05, 0.1) is 4.90 Å². The number of hydrogen-bond donors (Lipinski definition) is 2. The van der Waals surface area contributed by atoms with Crippen LogP contribution in [-0.4, -0.2) is 31.5 Å². The molecular weight excluding hydrogens is 536 g/mol. The summed E-state index contributed by atoms with van der Waals surface area (Å²) in [6, 6.07) is 16.7. The molecule has 3 aromatic rings. The Balaban J connectivity index is 1.71. The lowest BCUT2D eigenvalue weighted by atomic mass is 10.1. The molecule has 2 aromatic carbocycles. The maximum atomic E-state index is 12.4. The quantitative estimate of drug-likeness (QED) is 0.258. The molecule has 0 aliphatic carbocycles. The third kappa shape index (κ3) is 6.45. The number of amides is 1. The number of sulfonamides is 1. The number of carbonyl (C=O) groups excluding carboxylic acids is 2. The first-order valence-corrected chi connectivity index (χ1v) is 12.5. The van der Waals surface area contributed by atoms with Crippen LogP contribution in [0.1, 0.15) is 17.0 Å². The summed E-state index contributed by atoms with van der Waals surface area (Å²) in [5.41, 5.74) is 3.19. The molecule has 1 aromatic heterocycles. The number of primary sulfonamides is 1. The number of hydrogen-bond acceptors (Lipinski definition) is 6. The lowest BCUT2D eigenvalue weighted by molar-refractivity contribution is -0.142. The second-order valence-corrected chi connectivity index (χ2v) is 9.98. The summed E-state index contributed by atoms with van der Waals surface area (Å²) in [5.74, 6) is -1.68. The van der Waals surface area contributed by atoms with Crippen molar-refractivity contribution in [3.63, 3.8) is 0 Å². The van der Waals surface area contributed by atoms with Gasteiger partial charge < -0.3 is 14.6 Å². The summed E-state index contributed by atoms with van der Waals surface area (Å²) < 4.78 is 30.8. The number of nitrogens with two attached hydrogens (primary N) is 1. The van der Waals surface area contributed by atoms with Crippen LogP contribution < -0.4 is 10.5 Å². The smallest absolute Gasteiger partial charge is 0.349 e. The first kappa shape index (κ1) is 25.9. The Hall–Kier alpha value is -3.72. The van der Waals surface area contributed by atoms with Crippen LogP contribution >= 0.6 is 15.9 Å². The highest BCUT2D eigenvalue weighted by Crippen LogP contribution is 2.24. The molecule has 35 heavy (non-hydrogen) atoms. The zero-order chi connectivity index (χ0) is 25.8. The van der Waals surface area contributed by atoms with Crippen molar-refractivity contribution in [2.75, 3.05) is 11.9 Å². The van der Waals surface area contributed by atoms with Crippen molar-refractivity contribution in [1.82, 2.24) is 4.57 Å². The van der Waals surface area contributed by atoms with Crippen molar-refractivity contribution < 1.29 is 22.7 Å². The van der Waals surface area contributed by atoms with Gasteiger partial charge in [-0.25, -0.2) is 18.4 Å². The van der Waals surface area contributed by atoms with Gasteiger partial charge in [0.2, 0.25) is 10.0 Å². The van der Waals surface area contributed by atoms with Gasteiger partial charge in [-0.15, -0.1) is 0 Å². The predicted octanol–water partition coefficient (Wildman–Crippen LogP) is 3.59. The standard InChI is InChI=1S/C24H21BrN4O5S/c1-15-10-17(16(2)29(15)21-8-6-19(25)7-9-21)11-18(13-26)24(31)34-14-23(30)28-20-4-3-5-22(12-20)35(27,32)33/h3-12H,14H2,1-2H3,(H,28,30)(H2,27,32,33)/b18-11+. The van der Waals surface area contributed by atoms with Gasteiger partial charge in [0.15, 0.2) is 6.61 Å². The Labute approximate surface area is 211 Å². The van der Waals surface area contributed by atoms with Gasteiger partial charge in [-0.05, 0) is 74.0 Å². The zero-order valence-electron chi connectivity index (χ0n) is 18.8. The molecule has 1 amide bonds. The Kier molecular flexibility index (Phi) is 7.91. The lowest BCUT2D eigenvalue weighted by Gasteiger charge is -2.10. The molecule has 0 fully saturated rings. The molecular formula is C24H21BrN4O5S. The van der Waals surface area contributed by atoms with Crippen molar-refractivity contribution >= 4 is 49.6 Å². The molecule has 0 saturated carbocycles. The van der Waals surface area contributed by atoms with E-state index in [1.54, 1.807) is 0 Å². The van der Waals surface area contributed by atoms with Gasteiger partial charge in [-0.1, -0.05) is 22.0 Å². The number of rotatable bonds is 7. The Bertz CT molecular complexity index is 1470.